The summed E-state index contributed by atoms with van der Waals surface area (Å²) >= 11 is 0. The van der Waals surface area contributed by atoms with Gasteiger partial charge in [0.25, 0.3) is 0 Å². The SMILES string of the molecule is C=CC(c1ccccc1)[C@H]1C[C@@H](O)[C@@H](OC)CC1=O. The summed E-state index contributed by atoms with van der Waals surface area (Å²) in [7, 11) is 1.53. The Morgan fingerprint density at radius 1 is 1.42 bits per heavy atom. The second-order valence-electron chi connectivity index (χ2n) is 5.03. The van der Waals surface area contributed by atoms with Crippen molar-refractivity contribution in [3.05, 3.63) is 48.6 Å². The molecule has 0 radical (unpaired) electrons. The highest BCUT2D eigenvalue weighted by atomic mass is 16.5. The minimum atomic E-state index is -0.584. The Bertz CT molecular complexity index is 441. The lowest BCUT2D eigenvalue weighted by Gasteiger charge is -2.34. The second-order valence-corrected chi connectivity index (χ2v) is 5.03. The van der Waals surface area contributed by atoms with Gasteiger partial charge in [0.05, 0.1) is 12.2 Å². The summed E-state index contributed by atoms with van der Waals surface area (Å²) < 4.78 is 5.14. The van der Waals surface area contributed by atoms with E-state index in [9.17, 15) is 9.90 Å². The van der Waals surface area contributed by atoms with Crippen LogP contribution in [0.4, 0.5) is 0 Å². The number of carbonyl (C=O) groups is 1. The molecule has 1 aliphatic carbocycles. The van der Waals surface area contributed by atoms with Gasteiger partial charge in [-0.3, -0.25) is 4.79 Å². The van der Waals surface area contributed by atoms with E-state index in [1.807, 2.05) is 30.3 Å². The third-order valence-electron chi connectivity index (χ3n) is 3.92. The van der Waals surface area contributed by atoms with Crippen molar-refractivity contribution in [2.75, 3.05) is 7.11 Å². The van der Waals surface area contributed by atoms with Crippen LogP contribution in [0.2, 0.25) is 0 Å². The van der Waals surface area contributed by atoms with E-state index in [0.717, 1.165) is 5.56 Å². The molecule has 102 valence electrons. The van der Waals surface area contributed by atoms with E-state index in [-0.39, 0.29) is 30.1 Å². The number of ether oxygens (including phenoxy) is 1. The Morgan fingerprint density at radius 2 is 2.11 bits per heavy atom. The standard InChI is InChI=1S/C16H20O3/c1-3-12(11-7-5-4-6-8-11)13-9-15(18)16(19-2)10-14(13)17/h3-8,12-13,15-16,18H,1,9-10H2,2H3/t12?,13-,15-,16+/m1/s1. The molecule has 1 fully saturated rings. The van der Waals surface area contributed by atoms with Gasteiger partial charge in [-0.1, -0.05) is 36.4 Å². The van der Waals surface area contributed by atoms with E-state index in [4.69, 9.17) is 4.74 Å². The first-order valence-corrected chi connectivity index (χ1v) is 6.58. The number of carbonyl (C=O) groups excluding carboxylic acids is 1. The van der Waals surface area contributed by atoms with Crippen molar-refractivity contribution >= 4 is 5.78 Å². The third kappa shape index (κ3) is 2.94. The lowest BCUT2D eigenvalue weighted by Crippen LogP contribution is -2.42. The Kier molecular flexibility index (Phi) is 4.51. The maximum atomic E-state index is 12.2. The van der Waals surface area contributed by atoms with Crippen LogP contribution >= 0.6 is 0 Å². The van der Waals surface area contributed by atoms with Crippen LogP contribution in [0.1, 0.15) is 24.3 Å². The van der Waals surface area contributed by atoms with Crippen LogP contribution in [0.5, 0.6) is 0 Å². The first-order chi connectivity index (χ1) is 9.17. The fourth-order valence-corrected chi connectivity index (χ4v) is 2.82. The van der Waals surface area contributed by atoms with E-state index >= 15 is 0 Å². The minimum Gasteiger partial charge on any atom is -0.390 e. The molecule has 0 heterocycles. The Labute approximate surface area is 113 Å². The van der Waals surface area contributed by atoms with Crippen molar-refractivity contribution in [3.8, 4) is 0 Å². The van der Waals surface area contributed by atoms with Gasteiger partial charge in [0, 0.05) is 25.4 Å². The van der Waals surface area contributed by atoms with Crippen molar-refractivity contribution in [1.82, 2.24) is 0 Å². The highest BCUT2D eigenvalue weighted by Crippen LogP contribution is 2.35. The number of allylic oxidation sites excluding steroid dienone is 1. The Balaban J connectivity index is 2.20. The zero-order chi connectivity index (χ0) is 13.8. The molecule has 0 aromatic heterocycles. The minimum absolute atomic E-state index is 0.0406. The normalized spacial score (nSPS) is 28.9. The summed E-state index contributed by atoms with van der Waals surface area (Å²) in [6.45, 7) is 3.85. The van der Waals surface area contributed by atoms with Crippen LogP contribution in [0.3, 0.4) is 0 Å². The topological polar surface area (TPSA) is 46.5 Å². The van der Waals surface area contributed by atoms with E-state index < -0.39 is 6.10 Å². The molecule has 0 aliphatic heterocycles. The molecule has 0 bridgehead atoms. The lowest BCUT2D eigenvalue weighted by molar-refractivity contribution is -0.136. The number of hydrogen-bond acceptors (Lipinski definition) is 3. The molecule has 1 aliphatic rings. The van der Waals surface area contributed by atoms with E-state index in [1.54, 1.807) is 6.08 Å². The molecule has 3 nitrogen and oxygen atoms in total. The number of rotatable bonds is 4. The fourth-order valence-electron chi connectivity index (χ4n) is 2.82. The molecule has 0 saturated heterocycles. The number of aliphatic hydroxyl groups excluding tert-OH is 1. The molecule has 0 amide bonds. The van der Waals surface area contributed by atoms with Crippen molar-refractivity contribution in [2.45, 2.75) is 31.0 Å². The summed E-state index contributed by atoms with van der Waals surface area (Å²) in [6.07, 6.45) is 1.56. The molecule has 1 unspecified atom stereocenters. The lowest BCUT2D eigenvalue weighted by atomic mass is 9.74. The molecule has 1 aromatic carbocycles. The van der Waals surface area contributed by atoms with Crippen molar-refractivity contribution in [2.24, 2.45) is 5.92 Å². The fraction of sp³-hybridized carbons (Fsp3) is 0.438. The highest BCUT2D eigenvalue weighted by Gasteiger charge is 2.38. The average molecular weight is 260 g/mol. The molecule has 4 atom stereocenters. The van der Waals surface area contributed by atoms with E-state index in [2.05, 4.69) is 6.58 Å². The number of Topliss-reactive ketones (excluding diaryl/α,β-unsaturated/α-hetero) is 1. The van der Waals surface area contributed by atoms with Crippen LogP contribution in [0.25, 0.3) is 0 Å². The van der Waals surface area contributed by atoms with Crippen LogP contribution in [-0.4, -0.2) is 30.2 Å². The van der Waals surface area contributed by atoms with Gasteiger partial charge in [-0.15, -0.1) is 6.58 Å². The number of methoxy groups -OCH3 is 1. The summed E-state index contributed by atoms with van der Waals surface area (Å²) in [5, 5.41) is 10.0. The number of benzene rings is 1. The number of ketones is 1. The van der Waals surface area contributed by atoms with Gasteiger partial charge in [-0.05, 0) is 12.0 Å². The van der Waals surface area contributed by atoms with Gasteiger partial charge in [0.1, 0.15) is 5.78 Å². The second kappa shape index (κ2) is 6.13. The monoisotopic (exact) mass is 260 g/mol. The zero-order valence-corrected chi connectivity index (χ0v) is 11.2. The van der Waals surface area contributed by atoms with E-state index in [0.29, 0.717) is 6.42 Å². The maximum Gasteiger partial charge on any atom is 0.139 e. The molecular formula is C16H20O3. The predicted octanol–water partition coefficient (Wildman–Crippen LogP) is 2.31. The zero-order valence-electron chi connectivity index (χ0n) is 11.2. The van der Waals surface area contributed by atoms with E-state index in [1.165, 1.54) is 7.11 Å². The summed E-state index contributed by atoms with van der Waals surface area (Å²) in [6, 6.07) is 9.84. The highest BCUT2D eigenvalue weighted by molar-refractivity contribution is 5.83. The van der Waals surface area contributed by atoms with Gasteiger partial charge in [-0.2, -0.15) is 0 Å². The average Bonchev–Trinajstić information content (AvgIpc) is 2.44. The predicted molar refractivity (Wildman–Crippen MR) is 73.9 cm³/mol. The number of aliphatic hydroxyl groups is 1. The quantitative estimate of drug-likeness (QED) is 0.845. The molecule has 3 heteroatoms. The maximum absolute atomic E-state index is 12.2. The van der Waals surface area contributed by atoms with Gasteiger partial charge in [-0.25, -0.2) is 0 Å². The van der Waals surface area contributed by atoms with Crippen LogP contribution in [0, 0.1) is 5.92 Å². The van der Waals surface area contributed by atoms with Crippen molar-refractivity contribution in [1.29, 1.82) is 0 Å². The smallest absolute Gasteiger partial charge is 0.139 e. The first kappa shape index (κ1) is 14.0. The number of hydrogen-bond donors (Lipinski definition) is 1. The third-order valence-corrected chi connectivity index (χ3v) is 3.92. The first-order valence-electron chi connectivity index (χ1n) is 6.58. The molecule has 1 N–H and O–H groups in total. The molecular weight excluding hydrogens is 240 g/mol. The molecule has 19 heavy (non-hydrogen) atoms. The Hall–Kier alpha value is -1.45. The molecule has 0 spiro atoms. The molecule has 2 rings (SSSR count). The van der Waals surface area contributed by atoms with Gasteiger partial charge in [0.2, 0.25) is 0 Å². The van der Waals surface area contributed by atoms with Gasteiger partial charge < -0.3 is 9.84 Å². The summed E-state index contributed by atoms with van der Waals surface area (Å²) in [4.78, 5) is 12.2. The summed E-state index contributed by atoms with van der Waals surface area (Å²) in [5.41, 5.74) is 1.07. The van der Waals surface area contributed by atoms with Gasteiger partial charge >= 0.3 is 0 Å². The Morgan fingerprint density at radius 3 is 2.68 bits per heavy atom. The largest absolute Gasteiger partial charge is 0.390 e. The van der Waals surface area contributed by atoms with Crippen molar-refractivity contribution in [3.63, 3.8) is 0 Å². The molecule has 1 aromatic rings. The van der Waals surface area contributed by atoms with Crippen LogP contribution in [0.15, 0.2) is 43.0 Å². The van der Waals surface area contributed by atoms with Gasteiger partial charge in [0.15, 0.2) is 0 Å². The molecule has 1 saturated carbocycles. The van der Waals surface area contributed by atoms with Crippen molar-refractivity contribution < 1.29 is 14.6 Å². The van der Waals surface area contributed by atoms with Crippen LogP contribution in [-0.2, 0) is 9.53 Å². The van der Waals surface area contributed by atoms with Crippen LogP contribution < -0.4 is 0 Å². The summed E-state index contributed by atoms with van der Waals surface area (Å²) in [5.74, 6) is -0.103.